The van der Waals surface area contributed by atoms with Crippen LogP contribution >= 0.6 is 11.6 Å². The Kier molecular flexibility index (Phi) is 4.95. The van der Waals surface area contributed by atoms with E-state index in [1.165, 1.54) is 13.2 Å². The summed E-state index contributed by atoms with van der Waals surface area (Å²) in [5, 5.41) is 3.11. The van der Waals surface area contributed by atoms with Gasteiger partial charge in [-0.2, -0.15) is 0 Å². The number of pyridine rings is 1. The summed E-state index contributed by atoms with van der Waals surface area (Å²) in [5.74, 6) is -0.847. The molecule has 1 N–H and O–H groups in total. The maximum absolute atomic E-state index is 12.9. The summed E-state index contributed by atoms with van der Waals surface area (Å²) in [6.07, 6.45) is 2.41. The number of nitrogens with zero attached hydrogens (tertiary/aromatic N) is 2. The minimum absolute atomic E-state index is 0.303. The first-order valence-electron chi connectivity index (χ1n) is 8.12. The number of benzene rings is 1. The highest BCUT2D eigenvalue weighted by molar-refractivity contribution is 6.34. The number of nitrogens with one attached hydrogen (secondary N) is 1. The minimum atomic E-state index is -0.503. The van der Waals surface area contributed by atoms with Crippen molar-refractivity contribution in [1.29, 1.82) is 0 Å². The van der Waals surface area contributed by atoms with Crippen LogP contribution in [0.15, 0.2) is 36.5 Å². The Bertz CT molecular complexity index is 1010. The quantitative estimate of drug-likeness (QED) is 0.706. The number of rotatable bonds is 4. The Labute approximate surface area is 155 Å². The van der Waals surface area contributed by atoms with E-state index < -0.39 is 5.97 Å². The minimum Gasteiger partial charge on any atom is -0.465 e. The van der Waals surface area contributed by atoms with E-state index in [9.17, 15) is 9.59 Å². The molecule has 0 saturated heterocycles. The van der Waals surface area contributed by atoms with E-state index >= 15 is 0 Å². The third-order valence-electron chi connectivity index (χ3n) is 4.10. The normalized spacial score (nSPS) is 10.8. The molecule has 6 nitrogen and oxygen atoms in total. The van der Waals surface area contributed by atoms with Crippen LogP contribution < -0.4 is 5.32 Å². The summed E-state index contributed by atoms with van der Waals surface area (Å²) < 4.78 is 6.47. The summed E-state index contributed by atoms with van der Waals surface area (Å²) in [4.78, 5) is 29.2. The van der Waals surface area contributed by atoms with E-state index in [2.05, 4.69) is 10.3 Å². The zero-order chi connectivity index (χ0) is 18.8. The van der Waals surface area contributed by atoms with Crippen molar-refractivity contribution in [3.63, 3.8) is 0 Å². The van der Waals surface area contributed by atoms with Gasteiger partial charge in [-0.05, 0) is 43.2 Å². The number of aromatic nitrogens is 2. The molecule has 1 aromatic carbocycles. The van der Waals surface area contributed by atoms with E-state index in [-0.39, 0.29) is 5.91 Å². The fraction of sp³-hybridized carbons (Fsp3) is 0.211. The van der Waals surface area contributed by atoms with Gasteiger partial charge in [-0.1, -0.05) is 24.6 Å². The van der Waals surface area contributed by atoms with Crippen LogP contribution in [-0.2, 0) is 11.2 Å². The fourth-order valence-corrected chi connectivity index (χ4v) is 2.95. The summed E-state index contributed by atoms with van der Waals surface area (Å²) in [6, 6.07) is 8.39. The average molecular weight is 372 g/mol. The van der Waals surface area contributed by atoms with Crippen molar-refractivity contribution in [2.24, 2.45) is 0 Å². The van der Waals surface area contributed by atoms with Crippen LogP contribution in [0.3, 0.4) is 0 Å². The molecule has 2 aromatic heterocycles. The molecule has 0 bridgehead atoms. The van der Waals surface area contributed by atoms with Crippen LogP contribution in [0.4, 0.5) is 5.69 Å². The van der Waals surface area contributed by atoms with Gasteiger partial charge in [0.25, 0.3) is 5.91 Å². The van der Waals surface area contributed by atoms with E-state index in [0.29, 0.717) is 34.1 Å². The number of fused-ring (bicyclic) bond motifs is 1. The molecule has 3 rings (SSSR count). The van der Waals surface area contributed by atoms with Crippen molar-refractivity contribution >= 4 is 34.8 Å². The zero-order valence-corrected chi connectivity index (χ0v) is 15.4. The Hall–Kier alpha value is -2.86. The van der Waals surface area contributed by atoms with Gasteiger partial charge in [0.05, 0.1) is 29.1 Å². The second-order valence-electron chi connectivity index (χ2n) is 5.79. The number of ether oxygens (including phenoxy) is 1. The van der Waals surface area contributed by atoms with Crippen molar-refractivity contribution in [2.75, 3.05) is 12.4 Å². The van der Waals surface area contributed by atoms with Gasteiger partial charge in [0.15, 0.2) is 0 Å². The Morgan fingerprint density at radius 1 is 1.31 bits per heavy atom. The number of esters is 1. The van der Waals surface area contributed by atoms with Gasteiger partial charge in [-0.25, -0.2) is 9.78 Å². The molecule has 0 aliphatic rings. The van der Waals surface area contributed by atoms with Gasteiger partial charge < -0.3 is 10.1 Å². The maximum Gasteiger partial charge on any atom is 0.337 e. The topological polar surface area (TPSA) is 72.7 Å². The average Bonchev–Trinajstić information content (AvgIpc) is 3.03. The predicted octanol–water partition coefficient (Wildman–Crippen LogP) is 3.90. The highest BCUT2D eigenvalue weighted by atomic mass is 35.5. The highest BCUT2D eigenvalue weighted by Gasteiger charge is 2.20. The van der Waals surface area contributed by atoms with Crippen molar-refractivity contribution in [1.82, 2.24) is 9.38 Å². The number of carbonyl (C=O) groups excluding carboxylic acids is 2. The van der Waals surface area contributed by atoms with Crippen LogP contribution in [-0.4, -0.2) is 28.4 Å². The molecule has 2 heterocycles. The lowest BCUT2D eigenvalue weighted by atomic mass is 10.2. The van der Waals surface area contributed by atoms with Gasteiger partial charge in [-0.3, -0.25) is 9.20 Å². The molecular formula is C19H18ClN3O3. The molecule has 0 spiro atoms. The van der Waals surface area contributed by atoms with Crippen molar-refractivity contribution in [3.8, 4) is 0 Å². The molecule has 26 heavy (non-hydrogen) atoms. The summed E-state index contributed by atoms with van der Waals surface area (Å²) in [7, 11) is 1.30. The van der Waals surface area contributed by atoms with Crippen molar-refractivity contribution in [3.05, 3.63) is 64.1 Å². The third-order valence-corrected chi connectivity index (χ3v) is 4.43. The first-order chi connectivity index (χ1) is 12.5. The lowest BCUT2D eigenvalue weighted by Gasteiger charge is -2.10. The zero-order valence-electron chi connectivity index (χ0n) is 14.7. The number of amides is 1. The number of aryl methyl sites for hydroxylation is 2. The number of carbonyl (C=O) groups is 2. The number of imidazole rings is 1. The molecule has 3 aromatic rings. The Balaban J connectivity index is 2.03. The monoisotopic (exact) mass is 371 g/mol. The summed E-state index contributed by atoms with van der Waals surface area (Å²) >= 11 is 6.18. The van der Waals surface area contributed by atoms with E-state index in [1.807, 2.05) is 26.0 Å². The SMILES string of the molecule is CCc1nc2c(C)cccn2c1C(=O)Nc1cc(C(=O)OC)ccc1Cl. The van der Waals surface area contributed by atoms with Crippen LogP contribution in [0, 0.1) is 6.92 Å². The second kappa shape index (κ2) is 7.17. The first kappa shape index (κ1) is 17.9. The van der Waals surface area contributed by atoms with Gasteiger partial charge in [0.1, 0.15) is 11.3 Å². The van der Waals surface area contributed by atoms with E-state index in [0.717, 1.165) is 11.2 Å². The molecule has 0 aliphatic heterocycles. The molecular weight excluding hydrogens is 354 g/mol. The fourth-order valence-electron chi connectivity index (χ4n) is 2.79. The van der Waals surface area contributed by atoms with E-state index in [4.69, 9.17) is 16.3 Å². The molecule has 0 atom stereocenters. The highest BCUT2D eigenvalue weighted by Crippen LogP contribution is 2.25. The molecule has 0 aliphatic carbocycles. The predicted molar refractivity (Wildman–Crippen MR) is 100 cm³/mol. The Morgan fingerprint density at radius 2 is 2.08 bits per heavy atom. The number of methoxy groups -OCH3 is 1. The van der Waals surface area contributed by atoms with Gasteiger partial charge in [0.2, 0.25) is 0 Å². The maximum atomic E-state index is 12.9. The summed E-state index contributed by atoms with van der Waals surface area (Å²) in [5.41, 5.74) is 3.50. The molecule has 134 valence electrons. The molecule has 0 saturated carbocycles. The molecule has 0 radical (unpaired) electrons. The van der Waals surface area contributed by atoms with Crippen LogP contribution in [0.1, 0.15) is 39.0 Å². The standard InChI is InChI=1S/C19H18ClN3O3/c1-4-14-16(23-9-5-6-11(2)17(23)21-14)18(24)22-15-10-12(19(25)26-3)7-8-13(15)20/h5-10H,4H2,1-3H3,(H,22,24). The Morgan fingerprint density at radius 3 is 2.77 bits per heavy atom. The molecule has 0 unspecified atom stereocenters. The number of anilines is 1. The molecule has 1 amide bonds. The lowest BCUT2D eigenvalue weighted by molar-refractivity contribution is 0.0600. The van der Waals surface area contributed by atoms with Gasteiger partial charge in [0, 0.05) is 6.20 Å². The lowest BCUT2D eigenvalue weighted by Crippen LogP contribution is -2.17. The third kappa shape index (κ3) is 3.15. The number of hydrogen-bond acceptors (Lipinski definition) is 4. The van der Waals surface area contributed by atoms with Gasteiger partial charge in [-0.15, -0.1) is 0 Å². The molecule has 0 fully saturated rings. The molecule has 7 heteroatoms. The van der Waals surface area contributed by atoms with Gasteiger partial charge >= 0.3 is 5.97 Å². The summed E-state index contributed by atoms with van der Waals surface area (Å²) in [6.45, 7) is 3.89. The van der Waals surface area contributed by atoms with Crippen LogP contribution in [0.2, 0.25) is 5.02 Å². The first-order valence-corrected chi connectivity index (χ1v) is 8.49. The van der Waals surface area contributed by atoms with Crippen molar-refractivity contribution in [2.45, 2.75) is 20.3 Å². The largest absolute Gasteiger partial charge is 0.465 e. The van der Waals surface area contributed by atoms with Crippen LogP contribution in [0.25, 0.3) is 5.65 Å². The number of hydrogen-bond donors (Lipinski definition) is 1. The smallest absolute Gasteiger partial charge is 0.337 e. The van der Waals surface area contributed by atoms with Crippen molar-refractivity contribution < 1.29 is 14.3 Å². The second-order valence-corrected chi connectivity index (χ2v) is 6.19. The van der Waals surface area contributed by atoms with Crippen LogP contribution in [0.5, 0.6) is 0 Å². The van der Waals surface area contributed by atoms with E-state index in [1.54, 1.807) is 22.7 Å². The number of halogens is 1.